The Bertz CT molecular complexity index is 427. The molecule has 72 valence electrons. The summed E-state index contributed by atoms with van der Waals surface area (Å²) in [5.74, 6) is 0.426. The van der Waals surface area contributed by atoms with Gasteiger partial charge in [0.2, 0.25) is 0 Å². The molecule has 6 nitrogen and oxygen atoms in total. The Kier molecular flexibility index (Phi) is 3.31. The van der Waals surface area contributed by atoms with Crippen LogP contribution in [-0.4, -0.2) is 26.8 Å². The lowest BCUT2D eigenvalue weighted by Crippen LogP contribution is -1.93. The summed E-state index contributed by atoms with van der Waals surface area (Å²) in [5.41, 5.74) is 5.54. The van der Waals surface area contributed by atoms with E-state index in [2.05, 4.69) is 15.2 Å². The largest absolute Gasteiger partial charge is 0.483 e. The summed E-state index contributed by atoms with van der Waals surface area (Å²) in [4.78, 5) is 12.3. The molecule has 0 amide bonds. The van der Waals surface area contributed by atoms with Gasteiger partial charge >= 0.3 is 0 Å². The maximum Gasteiger partial charge on any atom is 0.290 e. The van der Waals surface area contributed by atoms with Crippen molar-refractivity contribution in [3.8, 4) is 0 Å². The molecule has 2 heterocycles. The lowest BCUT2D eigenvalue weighted by molar-refractivity contribution is -0.122. The number of rotatable bonds is 0. The molecule has 0 atom stereocenters. The molecule has 0 radical (unpaired) electrons. The molecule has 0 saturated carbocycles. The molecule has 2 aromatic rings. The van der Waals surface area contributed by atoms with Gasteiger partial charge in [-0.3, -0.25) is 9.78 Å². The predicted octanol–water partition coefficient (Wildman–Crippen LogP) is 0.308. The lowest BCUT2D eigenvalue weighted by atomic mass is 10.2. The summed E-state index contributed by atoms with van der Waals surface area (Å²) < 4.78 is 0. The van der Waals surface area contributed by atoms with Gasteiger partial charge in [-0.25, -0.2) is 0 Å². The number of hydrogen-bond acceptors (Lipinski definition) is 5. The molecule has 0 aromatic carbocycles. The molecule has 0 fully saturated rings. The van der Waals surface area contributed by atoms with E-state index in [0.29, 0.717) is 5.82 Å². The second-order valence-corrected chi connectivity index (χ2v) is 2.30. The fourth-order valence-electron chi connectivity index (χ4n) is 0.939. The maximum atomic E-state index is 8.36. The van der Waals surface area contributed by atoms with Crippen molar-refractivity contribution in [3.05, 3.63) is 24.7 Å². The Hall–Kier alpha value is -2.24. The van der Waals surface area contributed by atoms with Gasteiger partial charge in [0.1, 0.15) is 0 Å². The number of carboxylic acid groups (broad SMARTS) is 1. The Morgan fingerprint density at radius 3 is 2.79 bits per heavy atom. The van der Waals surface area contributed by atoms with Crippen molar-refractivity contribution in [1.29, 1.82) is 0 Å². The van der Waals surface area contributed by atoms with Crippen LogP contribution in [0.15, 0.2) is 24.7 Å². The summed E-state index contributed by atoms with van der Waals surface area (Å²) in [5, 5.41) is 16.1. The van der Waals surface area contributed by atoms with E-state index in [1.54, 1.807) is 18.6 Å². The zero-order valence-electron chi connectivity index (χ0n) is 7.16. The Labute approximate surface area is 79.4 Å². The summed E-state index contributed by atoms with van der Waals surface area (Å²) in [6, 6.07) is 1.85. The van der Waals surface area contributed by atoms with E-state index >= 15 is 0 Å². The van der Waals surface area contributed by atoms with E-state index in [1.165, 1.54) is 0 Å². The molecule has 6 heteroatoms. The maximum absolute atomic E-state index is 8.36. The second-order valence-electron chi connectivity index (χ2n) is 2.30. The molecule has 0 saturated heterocycles. The van der Waals surface area contributed by atoms with Crippen molar-refractivity contribution in [3.63, 3.8) is 0 Å². The number of aromatic nitrogens is 3. The first kappa shape index (κ1) is 9.85. The predicted molar refractivity (Wildman–Crippen MR) is 50.4 cm³/mol. The van der Waals surface area contributed by atoms with Crippen LogP contribution >= 0.6 is 0 Å². The average Bonchev–Trinajstić information content (AvgIpc) is 2.20. The average molecular weight is 192 g/mol. The number of nitrogen functional groups attached to an aromatic ring is 1. The van der Waals surface area contributed by atoms with Gasteiger partial charge < -0.3 is 10.8 Å². The second kappa shape index (κ2) is 4.70. The van der Waals surface area contributed by atoms with Crippen LogP contribution in [0.25, 0.3) is 10.8 Å². The number of anilines is 1. The van der Waals surface area contributed by atoms with Gasteiger partial charge in [-0.2, -0.15) is 5.10 Å². The highest BCUT2D eigenvalue weighted by atomic mass is 16.3. The van der Waals surface area contributed by atoms with E-state index < -0.39 is 0 Å². The van der Waals surface area contributed by atoms with Gasteiger partial charge in [0.05, 0.1) is 6.20 Å². The SMILES string of the molecule is Nc1nncc2ccncc12.O=CO. The van der Waals surface area contributed by atoms with Crippen LogP contribution in [0.3, 0.4) is 0 Å². The smallest absolute Gasteiger partial charge is 0.290 e. The van der Waals surface area contributed by atoms with Crippen LogP contribution in [0.1, 0.15) is 0 Å². The number of carbonyl (C=O) groups is 1. The number of pyridine rings is 1. The Morgan fingerprint density at radius 1 is 1.43 bits per heavy atom. The van der Waals surface area contributed by atoms with E-state index in [1.807, 2.05) is 6.07 Å². The number of nitrogens with two attached hydrogens (primary N) is 1. The molecular weight excluding hydrogens is 184 g/mol. The molecule has 2 aromatic heterocycles. The number of fused-ring (bicyclic) bond motifs is 1. The van der Waals surface area contributed by atoms with Crippen molar-refractivity contribution in [2.45, 2.75) is 0 Å². The molecule has 0 unspecified atom stereocenters. The van der Waals surface area contributed by atoms with Crippen LogP contribution in [0.2, 0.25) is 0 Å². The van der Waals surface area contributed by atoms with Crippen LogP contribution in [0, 0.1) is 0 Å². The molecule has 14 heavy (non-hydrogen) atoms. The third-order valence-corrected chi connectivity index (χ3v) is 1.49. The first-order valence-electron chi connectivity index (χ1n) is 3.68. The minimum absolute atomic E-state index is 0.250. The van der Waals surface area contributed by atoms with Crippen LogP contribution < -0.4 is 5.73 Å². The van der Waals surface area contributed by atoms with Crippen LogP contribution in [0.4, 0.5) is 5.82 Å². The molecule has 0 aliphatic rings. The summed E-state index contributed by atoms with van der Waals surface area (Å²) in [6.45, 7) is -0.250. The zero-order chi connectivity index (χ0) is 10.4. The van der Waals surface area contributed by atoms with Crippen LogP contribution in [0.5, 0.6) is 0 Å². The summed E-state index contributed by atoms with van der Waals surface area (Å²) in [7, 11) is 0. The highest BCUT2D eigenvalue weighted by Crippen LogP contribution is 2.13. The van der Waals surface area contributed by atoms with E-state index in [4.69, 9.17) is 15.6 Å². The van der Waals surface area contributed by atoms with E-state index in [0.717, 1.165) is 10.8 Å². The van der Waals surface area contributed by atoms with Gasteiger partial charge in [0.25, 0.3) is 6.47 Å². The third-order valence-electron chi connectivity index (χ3n) is 1.49. The minimum atomic E-state index is -0.250. The fraction of sp³-hybridized carbons (Fsp3) is 0. The molecule has 0 spiro atoms. The molecular formula is C8H8N4O2. The van der Waals surface area contributed by atoms with Crippen molar-refractivity contribution >= 4 is 23.1 Å². The normalized spacial score (nSPS) is 8.86. The number of nitrogens with zero attached hydrogens (tertiary/aromatic N) is 3. The topological polar surface area (TPSA) is 102 Å². The van der Waals surface area contributed by atoms with Crippen molar-refractivity contribution in [1.82, 2.24) is 15.2 Å². The van der Waals surface area contributed by atoms with Crippen LogP contribution in [-0.2, 0) is 4.79 Å². The molecule has 3 N–H and O–H groups in total. The standard InChI is InChI=1S/C7H6N4.CH2O2/c8-7-6-4-9-2-1-5(6)3-10-11-7;2-1-3/h1-4H,(H2,8,11);1H,(H,2,3). The minimum Gasteiger partial charge on any atom is -0.483 e. The quantitative estimate of drug-likeness (QED) is 0.582. The van der Waals surface area contributed by atoms with Crippen molar-refractivity contribution in [2.75, 3.05) is 5.73 Å². The summed E-state index contributed by atoms with van der Waals surface area (Å²) in [6.07, 6.45) is 5.04. The van der Waals surface area contributed by atoms with Gasteiger partial charge in [0, 0.05) is 23.2 Å². The van der Waals surface area contributed by atoms with E-state index in [9.17, 15) is 0 Å². The van der Waals surface area contributed by atoms with Gasteiger partial charge in [0.15, 0.2) is 5.82 Å². The van der Waals surface area contributed by atoms with Gasteiger partial charge in [-0.1, -0.05) is 0 Å². The van der Waals surface area contributed by atoms with Gasteiger partial charge in [-0.05, 0) is 6.07 Å². The zero-order valence-corrected chi connectivity index (χ0v) is 7.16. The monoisotopic (exact) mass is 192 g/mol. The molecule has 0 bridgehead atoms. The fourth-order valence-corrected chi connectivity index (χ4v) is 0.939. The van der Waals surface area contributed by atoms with Crippen molar-refractivity contribution in [2.24, 2.45) is 0 Å². The highest BCUT2D eigenvalue weighted by molar-refractivity contribution is 5.88. The summed E-state index contributed by atoms with van der Waals surface area (Å²) >= 11 is 0. The molecule has 2 rings (SSSR count). The first-order valence-corrected chi connectivity index (χ1v) is 3.68. The van der Waals surface area contributed by atoms with Gasteiger partial charge in [-0.15, -0.1) is 5.10 Å². The Morgan fingerprint density at radius 2 is 2.14 bits per heavy atom. The first-order chi connectivity index (χ1) is 6.79. The Balaban J connectivity index is 0.000000293. The third kappa shape index (κ3) is 2.13. The number of hydrogen-bond donors (Lipinski definition) is 2. The van der Waals surface area contributed by atoms with Crippen molar-refractivity contribution < 1.29 is 9.90 Å². The molecule has 0 aliphatic carbocycles. The van der Waals surface area contributed by atoms with E-state index in [-0.39, 0.29) is 6.47 Å². The lowest BCUT2D eigenvalue weighted by Gasteiger charge is -1.95. The highest BCUT2D eigenvalue weighted by Gasteiger charge is 1.96. The molecule has 0 aliphatic heterocycles.